The molecular formula is C28H32ClN3O5S. The molecule has 0 aromatic heterocycles. The van der Waals surface area contributed by atoms with E-state index < -0.39 is 28.5 Å². The van der Waals surface area contributed by atoms with Crippen LogP contribution in [0.3, 0.4) is 0 Å². The number of likely N-dealkylation sites (N-methyl/N-ethyl adjacent to an activating group) is 1. The van der Waals surface area contributed by atoms with Crippen molar-refractivity contribution in [2.75, 3.05) is 24.5 Å². The van der Waals surface area contributed by atoms with Crippen LogP contribution in [-0.4, -0.2) is 51.4 Å². The van der Waals surface area contributed by atoms with E-state index in [1.165, 1.54) is 17.0 Å². The topological polar surface area (TPSA) is 96.0 Å². The van der Waals surface area contributed by atoms with Crippen LogP contribution in [0, 0.1) is 6.92 Å². The number of hydrogen-bond acceptors (Lipinski definition) is 5. The first-order chi connectivity index (χ1) is 18.1. The first-order valence-electron chi connectivity index (χ1n) is 12.1. The van der Waals surface area contributed by atoms with Crippen LogP contribution in [0.2, 0.25) is 5.02 Å². The second-order valence-electron chi connectivity index (χ2n) is 8.65. The molecule has 3 rings (SSSR count). The second kappa shape index (κ2) is 12.8. The fourth-order valence-corrected chi connectivity index (χ4v) is 5.63. The molecule has 0 saturated heterocycles. The summed E-state index contributed by atoms with van der Waals surface area (Å²) in [5.41, 5.74) is 1.52. The van der Waals surface area contributed by atoms with E-state index in [9.17, 15) is 18.0 Å². The minimum Gasteiger partial charge on any atom is -0.497 e. The summed E-state index contributed by atoms with van der Waals surface area (Å²) in [6.07, 6.45) is 0. The van der Waals surface area contributed by atoms with E-state index in [1.54, 1.807) is 82.5 Å². The van der Waals surface area contributed by atoms with Gasteiger partial charge in [-0.25, -0.2) is 8.42 Å². The van der Waals surface area contributed by atoms with E-state index in [0.29, 0.717) is 22.9 Å². The van der Waals surface area contributed by atoms with Gasteiger partial charge in [-0.1, -0.05) is 48.0 Å². The Morgan fingerprint density at radius 3 is 2.37 bits per heavy atom. The van der Waals surface area contributed by atoms with Gasteiger partial charge >= 0.3 is 0 Å². The average Bonchev–Trinajstić information content (AvgIpc) is 2.92. The molecule has 2 amide bonds. The number of ether oxygens (including phenoxy) is 1. The van der Waals surface area contributed by atoms with Gasteiger partial charge in [-0.15, -0.1) is 0 Å². The molecule has 0 heterocycles. The summed E-state index contributed by atoms with van der Waals surface area (Å²) in [5.74, 6) is -0.297. The molecule has 0 saturated carbocycles. The Balaban J connectivity index is 2.07. The number of anilines is 1. The molecule has 1 N–H and O–H groups in total. The summed E-state index contributed by atoms with van der Waals surface area (Å²) in [5, 5.41) is 3.11. The number of amides is 2. The molecule has 38 heavy (non-hydrogen) atoms. The summed E-state index contributed by atoms with van der Waals surface area (Å²) in [6.45, 7) is 5.02. The molecule has 0 fully saturated rings. The molecule has 202 valence electrons. The molecule has 0 aliphatic rings. The van der Waals surface area contributed by atoms with Crippen molar-refractivity contribution in [3.63, 3.8) is 0 Å². The molecule has 10 heteroatoms. The molecule has 0 unspecified atom stereocenters. The van der Waals surface area contributed by atoms with Gasteiger partial charge in [-0.2, -0.15) is 0 Å². The van der Waals surface area contributed by atoms with Crippen LogP contribution in [0.15, 0.2) is 77.7 Å². The summed E-state index contributed by atoms with van der Waals surface area (Å²) < 4.78 is 34.0. The van der Waals surface area contributed by atoms with E-state index in [1.807, 2.05) is 6.07 Å². The summed E-state index contributed by atoms with van der Waals surface area (Å²) in [6, 6.07) is 19.1. The van der Waals surface area contributed by atoms with Gasteiger partial charge in [0, 0.05) is 18.1 Å². The monoisotopic (exact) mass is 557 g/mol. The molecule has 3 aromatic rings. The number of carbonyl (C=O) groups excluding carboxylic acids is 2. The Morgan fingerprint density at radius 2 is 1.71 bits per heavy atom. The van der Waals surface area contributed by atoms with Crippen molar-refractivity contribution in [2.45, 2.75) is 38.3 Å². The molecule has 1 atom stereocenters. The van der Waals surface area contributed by atoms with Gasteiger partial charge in [0.15, 0.2) is 0 Å². The first kappa shape index (κ1) is 29.0. The lowest BCUT2D eigenvalue weighted by Gasteiger charge is -2.32. The highest BCUT2D eigenvalue weighted by Crippen LogP contribution is 2.31. The number of hydrogen-bond donors (Lipinski definition) is 1. The number of methoxy groups -OCH3 is 1. The van der Waals surface area contributed by atoms with Crippen molar-refractivity contribution in [1.29, 1.82) is 0 Å². The zero-order valence-corrected chi connectivity index (χ0v) is 23.4. The first-order valence-corrected chi connectivity index (χ1v) is 13.9. The lowest BCUT2D eigenvalue weighted by molar-refractivity contribution is -0.139. The van der Waals surface area contributed by atoms with E-state index in [-0.39, 0.29) is 23.0 Å². The lowest BCUT2D eigenvalue weighted by atomic mass is 10.1. The minimum absolute atomic E-state index is 0.0308. The Labute approximate surface area is 229 Å². The number of rotatable bonds is 11. The molecule has 3 aromatic carbocycles. The Morgan fingerprint density at radius 1 is 1.03 bits per heavy atom. The van der Waals surface area contributed by atoms with E-state index in [2.05, 4.69) is 5.32 Å². The highest BCUT2D eigenvalue weighted by molar-refractivity contribution is 7.92. The average molecular weight is 558 g/mol. The predicted molar refractivity (Wildman–Crippen MR) is 149 cm³/mol. The van der Waals surface area contributed by atoms with Gasteiger partial charge in [0.05, 0.1) is 17.7 Å². The SMILES string of the molecule is CCNC(=O)[C@@H](C)N(Cc1cccc(OC)c1)C(=O)CN(c1cccc(Cl)c1C)S(=O)(=O)c1ccccc1. The Bertz CT molecular complexity index is 1380. The van der Waals surface area contributed by atoms with Crippen LogP contribution in [0.5, 0.6) is 5.75 Å². The molecule has 0 spiro atoms. The maximum Gasteiger partial charge on any atom is 0.264 e. The quantitative estimate of drug-likeness (QED) is 0.377. The number of nitrogens with zero attached hydrogens (tertiary/aromatic N) is 2. The van der Waals surface area contributed by atoms with E-state index >= 15 is 0 Å². The standard InChI is InChI=1S/C28H32ClN3O5S/c1-5-30-28(34)21(3)31(18-22-11-9-12-23(17-22)37-4)27(33)19-32(26-16-10-15-25(29)20(26)2)38(35,36)24-13-7-6-8-14-24/h6-17,21H,5,18-19H2,1-4H3,(H,30,34)/t21-/m1/s1. The van der Waals surface area contributed by atoms with Crippen LogP contribution in [0.25, 0.3) is 0 Å². The third-order valence-corrected chi connectivity index (χ3v) is 8.31. The maximum atomic E-state index is 13.9. The summed E-state index contributed by atoms with van der Waals surface area (Å²) in [4.78, 5) is 28.1. The number of halogens is 1. The molecule has 0 aliphatic heterocycles. The van der Waals surface area contributed by atoms with Crippen molar-refractivity contribution in [2.24, 2.45) is 0 Å². The number of carbonyl (C=O) groups is 2. The molecule has 0 radical (unpaired) electrons. The number of sulfonamides is 1. The van der Waals surface area contributed by atoms with Crippen molar-refractivity contribution in [3.8, 4) is 5.75 Å². The zero-order valence-electron chi connectivity index (χ0n) is 21.8. The van der Waals surface area contributed by atoms with Gasteiger partial charge in [-0.3, -0.25) is 13.9 Å². The Kier molecular flexibility index (Phi) is 9.77. The molecule has 8 nitrogen and oxygen atoms in total. The maximum absolute atomic E-state index is 13.9. The van der Waals surface area contributed by atoms with Crippen LogP contribution in [0.1, 0.15) is 25.0 Å². The highest BCUT2D eigenvalue weighted by atomic mass is 35.5. The lowest BCUT2D eigenvalue weighted by Crippen LogP contribution is -2.51. The van der Waals surface area contributed by atoms with Gasteiger partial charge < -0.3 is 15.0 Å². The van der Waals surface area contributed by atoms with Crippen molar-refractivity contribution in [3.05, 3.63) is 88.9 Å². The molecule has 0 bridgehead atoms. The molecule has 0 aliphatic carbocycles. The molecular weight excluding hydrogens is 526 g/mol. The fourth-order valence-electron chi connectivity index (χ4n) is 3.97. The van der Waals surface area contributed by atoms with Crippen molar-refractivity contribution in [1.82, 2.24) is 10.2 Å². The van der Waals surface area contributed by atoms with Gasteiger partial charge in [0.2, 0.25) is 11.8 Å². The highest BCUT2D eigenvalue weighted by Gasteiger charge is 2.33. The van der Waals surface area contributed by atoms with E-state index in [4.69, 9.17) is 16.3 Å². The van der Waals surface area contributed by atoms with Crippen LogP contribution in [-0.2, 0) is 26.2 Å². The van der Waals surface area contributed by atoms with Crippen LogP contribution in [0.4, 0.5) is 5.69 Å². The van der Waals surface area contributed by atoms with Gasteiger partial charge in [0.1, 0.15) is 18.3 Å². The van der Waals surface area contributed by atoms with Gasteiger partial charge in [-0.05, 0) is 68.3 Å². The summed E-state index contributed by atoms with van der Waals surface area (Å²) in [7, 11) is -2.61. The summed E-state index contributed by atoms with van der Waals surface area (Å²) >= 11 is 6.33. The van der Waals surface area contributed by atoms with Crippen molar-refractivity contribution < 1.29 is 22.7 Å². The number of nitrogens with one attached hydrogen (secondary N) is 1. The smallest absolute Gasteiger partial charge is 0.264 e. The Hall–Kier alpha value is -3.56. The predicted octanol–water partition coefficient (Wildman–Crippen LogP) is 4.41. The number of benzene rings is 3. The second-order valence-corrected chi connectivity index (χ2v) is 10.9. The normalized spacial score (nSPS) is 11.9. The third kappa shape index (κ3) is 6.65. The van der Waals surface area contributed by atoms with Crippen molar-refractivity contribution >= 4 is 39.1 Å². The minimum atomic E-state index is -4.16. The van der Waals surface area contributed by atoms with Gasteiger partial charge in [0.25, 0.3) is 10.0 Å². The van der Waals surface area contributed by atoms with Crippen LogP contribution < -0.4 is 14.4 Å². The largest absolute Gasteiger partial charge is 0.497 e. The van der Waals surface area contributed by atoms with E-state index in [0.717, 1.165) is 9.87 Å². The van der Waals surface area contributed by atoms with Crippen LogP contribution >= 0.6 is 11.6 Å². The zero-order chi connectivity index (χ0) is 27.9. The third-order valence-electron chi connectivity index (χ3n) is 6.12. The fraction of sp³-hybridized carbons (Fsp3) is 0.286.